The molecule has 1 amide bonds. The molecule has 2 aromatic carbocycles. The highest BCUT2D eigenvalue weighted by Crippen LogP contribution is 2.16. The van der Waals surface area contributed by atoms with Crippen LogP contribution in [-0.4, -0.2) is 25.8 Å². The van der Waals surface area contributed by atoms with E-state index >= 15 is 0 Å². The molecule has 0 atom stereocenters. The van der Waals surface area contributed by atoms with E-state index in [1.54, 1.807) is 37.6 Å². The Morgan fingerprint density at radius 2 is 1.67 bits per heavy atom. The average molecular weight is 326 g/mol. The van der Waals surface area contributed by atoms with Crippen molar-refractivity contribution in [2.45, 2.75) is 20.8 Å². The molecule has 0 aromatic heterocycles. The van der Waals surface area contributed by atoms with E-state index < -0.39 is 0 Å². The molecular formula is C19H22N2O3. The first kappa shape index (κ1) is 17.5. The predicted molar refractivity (Wildman–Crippen MR) is 94.9 cm³/mol. The summed E-state index contributed by atoms with van der Waals surface area (Å²) >= 11 is 0. The minimum Gasteiger partial charge on any atom is -0.497 e. The predicted octanol–water partition coefficient (Wildman–Crippen LogP) is 3.15. The fraction of sp³-hybridized carbons (Fsp3) is 0.263. The molecule has 0 radical (unpaired) electrons. The molecule has 0 saturated carbocycles. The van der Waals surface area contributed by atoms with Gasteiger partial charge >= 0.3 is 0 Å². The van der Waals surface area contributed by atoms with Crippen molar-refractivity contribution in [2.24, 2.45) is 5.10 Å². The summed E-state index contributed by atoms with van der Waals surface area (Å²) in [5.41, 5.74) is 6.99. The third kappa shape index (κ3) is 4.84. The highest BCUT2D eigenvalue weighted by Gasteiger charge is 2.03. The number of aryl methyl sites for hydroxylation is 3. The first-order valence-corrected chi connectivity index (χ1v) is 7.66. The number of ether oxygens (including phenoxy) is 2. The fourth-order valence-electron chi connectivity index (χ4n) is 2.15. The van der Waals surface area contributed by atoms with Crippen LogP contribution in [0.5, 0.6) is 11.5 Å². The summed E-state index contributed by atoms with van der Waals surface area (Å²) in [6, 6.07) is 11.2. The first-order valence-electron chi connectivity index (χ1n) is 7.66. The van der Waals surface area contributed by atoms with Gasteiger partial charge in [0, 0.05) is 0 Å². The van der Waals surface area contributed by atoms with Crippen LogP contribution in [0.2, 0.25) is 0 Å². The SMILES string of the molecule is COc1ccc(OCC(=O)N/N=C\c2cc(C)c(C)cc2C)cc1. The van der Waals surface area contributed by atoms with Gasteiger partial charge in [0.25, 0.3) is 5.91 Å². The lowest BCUT2D eigenvalue weighted by atomic mass is 10.0. The van der Waals surface area contributed by atoms with Crippen molar-refractivity contribution in [3.8, 4) is 11.5 Å². The van der Waals surface area contributed by atoms with Gasteiger partial charge in [-0.3, -0.25) is 4.79 Å². The molecule has 24 heavy (non-hydrogen) atoms. The number of nitrogens with zero attached hydrogens (tertiary/aromatic N) is 1. The molecule has 5 heteroatoms. The van der Waals surface area contributed by atoms with E-state index in [2.05, 4.69) is 23.5 Å². The van der Waals surface area contributed by atoms with Crippen molar-refractivity contribution in [3.63, 3.8) is 0 Å². The lowest BCUT2D eigenvalue weighted by Gasteiger charge is -2.07. The van der Waals surface area contributed by atoms with Gasteiger partial charge in [0.15, 0.2) is 6.61 Å². The molecule has 2 rings (SSSR count). The van der Waals surface area contributed by atoms with Crippen LogP contribution in [0.3, 0.4) is 0 Å². The molecular weight excluding hydrogens is 304 g/mol. The number of methoxy groups -OCH3 is 1. The summed E-state index contributed by atoms with van der Waals surface area (Å²) in [7, 11) is 1.60. The van der Waals surface area contributed by atoms with E-state index in [0.717, 1.165) is 16.9 Å². The quantitative estimate of drug-likeness (QED) is 0.655. The molecule has 0 aliphatic heterocycles. The van der Waals surface area contributed by atoms with Crippen LogP contribution in [-0.2, 0) is 4.79 Å². The highest BCUT2D eigenvalue weighted by atomic mass is 16.5. The number of hydrogen-bond donors (Lipinski definition) is 1. The number of amides is 1. The Labute approximate surface area is 142 Å². The second-order valence-corrected chi connectivity index (χ2v) is 5.55. The molecule has 0 aliphatic carbocycles. The van der Waals surface area contributed by atoms with Gasteiger partial charge in [-0.25, -0.2) is 5.43 Å². The van der Waals surface area contributed by atoms with E-state index in [1.165, 1.54) is 11.1 Å². The lowest BCUT2D eigenvalue weighted by Crippen LogP contribution is -2.24. The number of hydrazone groups is 1. The van der Waals surface area contributed by atoms with Crippen LogP contribution < -0.4 is 14.9 Å². The molecule has 1 N–H and O–H groups in total. The summed E-state index contributed by atoms with van der Waals surface area (Å²) < 4.78 is 10.4. The first-order chi connectivity index (χ1) is 11.5. The van der Waals surface area contributed by atoms with Crippen LogP contribution in [0.1, 0.15) is 22.3 Å². The van der Waals surface area contributed by atoms with Gasteiger partial charge < -0.3 is 9.47 Å². The topological polar surface area (TPSA) is 59.9 Å². The number of carbonyl (C=O) groups excluding carboxylic acids is 1. The third-order valence-electron chi connectivity index (χ3n) is 3.70. The van der Waals surface area contributed by atoms with Crippen LogP contribution >= 0.6 is 0 Å². The van der Waals surface area contributed by atoms with Gasteiger partial charge in [-0.05, 0) is 73.4 Å². The Morgan fingerprint density at radius 3 is 2.33 bits per heavy atom. The molecule has 0 heterocycles. The molecule has 2 aromatic rings. The Balaban J connectivity index is 1.85. The van der Waals surface area contributed by atoms with E-state index in [9.17, 15) is 4.79 Å². The second kappa shape index (κ2) is 8.15. The zero-order valence-corrected chi connectivity index (χ0v) is 14.4. The number of benzene rings is 2. The van der Waals surface area contributed by atoms with Gasteiger partial charge in [-0.1, -0.05) is 6.07 Å². The molecule has 5 nitrogen and oxygen atoms in total. The highest BCUT2D eigenvalue weighted by molar-refractivity contribution is 5.84. The van der Waals surface area contributed by atoms with Crippen molar-refractivity contribution in [3.05, 3.63) is 58.7 Å². The normalized spacial score (nSPS) is 10.7. The molecule has 0 bridgehead atoms. The van der Waals surface area contributed by atoms with E-state index in [-0.39, 0.29) is 12.5 Å². The molecule has 0 aliphatic rings. The zero-order chi connectivity index (χ0) is 17.5. The Hall–Kier alpha value is -2.82. The number of hydrogen-bond acceptors (Lipinski definition) is 4. The maximum atomic E-state index is 11.8. The zero-order valence-electron chi connectivity index (χ0n) is 14.4. The van der Waals surface area contributed by atoms with Crippen LogP contribution in [0.25, 0.3) is 0 Å². The van der Waals surface area contributed by atoms with Gasteiger partial charge in [-0.15, -0.1) is 0 Å². The second-order valence-electron chi connectivity index (χ2n) is 5.55. The van der Waals surface area contributed by atoms with Crippen LogP contribution in [0.4, 0.5) is 0 Å². The number of nitrogens with one attached hydrogen (secondary N) is 1. The monoisotopic (exact) mass is 326 g/mol. The van der Waals surface area contributed by atoms with E-state index in [0.29, 0.717) is 5.75 Å². The number of rotatable bonds is 6. The molecule has 0 unspecified atom stereocenters. The smallest absolute Gasteiger partial charge is 0.277 e. The molecule has 0 spiro atoms. The van der Waals surface area contributed by atoms with Gasteiger partial charge in [0.1, 0.15) is 11.5 Å². The Bertz CT molecular complexity index is 737. The minimum absolute atomic E-state index is 0.102. The maximum Gasteiger partial charge on any atom is 0.277 e. The van der Waals surface area contributed by atoms with Gasteiger partial charge in [-0.2, -0.15) is 5.10 Å². The van der Waals surface area contributed by atoms with Crippen LogP contribution in [0.15, 0.2) is 41.5 Å². The minimum atomic E-state index is -0.316. The summed E-state index contributed by atoms with van der Waals surface area (Å²) in [5.74, 6) is 1.02. The summed E-state index contributed by atoms with van der Waals surface area (Å²) in [5, 5.41) is 3.99. The van der Waals surface area contributed by atoms with Crippen molar-refractivity contribution in [2.75, 3.05) is 13.7 Å². The third-order valence-corrected chi connectivity index (χ3v) is 3.70. The van der Waals surface area contributed by atoms with Crippen molar-refractivity contribution in [1.82, 2.24) is 5.43 Å². The maximum absolute atomic E-state index is 11.8. The van der Waals surface area contributed by atoms with E-state index in [1.807, 2.05) is 19.9 Å². The Kier molecular flexibility index (Phi) is 5.95. The van der Waals surface area contributed by atoms with E-state index in [4.69, 9.17) is 9.47 Å². The van der Waals surface area contributed by atoms with Crippen molar-refractivity contribution in [1.29, 1.82) is 0 Å². The van der Waals surface area contributed by atoms with Gasteiger partial charge in [0.05, 0.1) is 13.3 Å². The lowest BCUT2D eigenvalue weighted by molar-refractivity contribution is -0.123. The average Bonchev–Trinajstić information content (AvgIpc) is 2.58. The number of carbonyl (C=O) groups is 1. The standard InChI is InChI=1S/C19H22N2O3/c1-13-9-15(3)16(10-14(13)2)11-20-21-19(22)12-24-18-7-5-17(23-4)6-8-18/h5-11H,12H2,1-4H3,(H,21,22)/b20-11-. The Morgan fingerprint density at radius 1 is 1.04 bits per heavy atom. The van der Waals surface area contributed by atoms with Crippen LogP contribution in [0, 0.1) is 20.8 Å². The summed E-state index contributed by atoms with van der Waals surface area (Å²) in [6.45, 7) is 6.03. The van der Waals surface area contributed by atoms with Crippen molar-refractivity contribution < 1.29 is 14.3 Å². The fourth-order valence-corrected chi connectivity index (χ4v) is 2.15. The molecule has 0 fully saturated rings. The summed E-state index contributed by atoms with van der Waals surface area (Å²) in [4.78, 5) is 11.8. The summed E-state index contributed by atoms with van der Waals surface area (Å²) in [6.07, 6.45) is 1.65. The molecule has 126 valence electrons. The largest absolute Gasteiger partial charge is 0.497 e. The molecule has 0 saturated heterocycles. The van der Waals surface area contributed by atoms with Crippen molar-refractivity contribution >= 4 is 12.1 Å². The van der Waals surface area contributed by atoms with Gasteiger partial charge in [0.2, 0.25) is 0 Å².